The molecule has 25 heavy (non-hydrogen) atoms. The third-order valence-corrected chi connectivity index (χ3v) is 4.34. The van der Waals surface area contributed by atoms with Crippen LogP contribution in [0.4, 0.5) is 11.5 Å². The lowest BCUT2D eigenvalue weighted by atomic mass is 10.1. The van der Waals surface area contributed by atoms with E-state index in [4.69, 9.17) is 9.47 Å². The SMILES string of the molecule is CCOC(=O)c1csc2ncnc(Nc3ccccc3C(=O)OC)c12. The van der Waals surface area contributed by atoms with Crippen LogP contribution >= 0.6 is 11.3 Å². The van der Waals surface area contributed by atoms with E-state index in [2.05, 4.69) is 15.3 Å². The van der Waals surface area contributed by atoms with Crippen LogP contribution in [-0.2, 0) is 9.47 Å². The van der Waals surface area contributed by atoms with Crippen molar-refractivity contribution in [2.75, 3.05) is 19.0 Å². The topological polar surface area (TPSA) is 90.4 Å². The predicted octanol–water partition coefficient (Wildman–Crippen LogP) is 3.40. The van der Waals surface area contributed by atoms with E-state index in [-0.39, 0.29) is 6.61 Å². The minimum Gasteiger partial charge on any atom is -0.465 e. The van der Waals surface area contributed by atoms with Crippen molar-refractivity contribution in [1.82, 2.24) is 9.97 Å². The van der Waals surface area contributed by atoms with Crippen LogP contribution in [0, 0.1) is 0 Å². The summed E-state index contributed by atoms with van der Waals surface area (Å²) >= 11 is 1.32. The molecule has 0 aliphatic heterocycles. The third kappa shape index (κ3) is 3.29. The quantitative estimate of drug-likeness (QED) is 0.700. The molecule has 0 bridgehead atoms. The van der Waals surface area contributed by atoms with E-state index in [9.17, 15) is 9.59 Å². The Balaban J connectivity index is 2.07. The maximum absolute atomic E-state index is 12.2. The molecule has 3 aromatic rings. The first-order valence-electron chi connectivity index (χ1n) is 7.49. The van der Waals surface area contributed by atoms with Crippen molar-refractivity contribution in [2.24, 2.45) is 0 Å². The van der Waals surface area contributed by atoms with Crippen molar-refractivity contribution in [3.8, 4) is 0 Å². The van der Waals surface area contributed by atoms with Crippen LogP contribution in [0.2, 0.25) is 0 Å². The van der Waals surface area contributed by atoms with Crippen LogP contribution in [0.15, 0.2) is 36.0 Å². The number of nitrogens with one attached hydrogen (secondary N) is 1. The number of benzene rings is 1. The average Bonchev–Trinajstić information content (AvgIpc) is 3.07. The third-order valence-electron chi connectivity index (χ3n) is 3.45. The van der Waals surface area contributed by atoms with E-state index in [1.165, 1.54) is 24.8 Å². The Morgan fingerprint density at radius 1 is 1.16 bits per heavy atom. The summed E-state index contributed by atoms with van der Waals surface area (Å²) in [5.74, 6) is -0.483. The molecule has 0 spiro atoms. The number of ether oxygens (including phenoxy) is 2. The predicted molar refractivity (Wildman–Crippen MR) is 94.4 cm³/mol. The zero-order valence-electron chi connectivity index (χ0n) is 13.6. The lowest BCUT2D eigenvalue weighted by Crippen LogP contribution is -2.08. The fourth-order valence-electron chi connectivity index (χ4n) is 2.34. The Hall–Kier alpha value is -3.00. The van der Waals surface area contributed by atoms with E-state index >= 15 is 0 Å². The van der Waals surface area contributed by atoms with Crippen molar-refractivity contribution in [3.63, 3.8) is 0 Å². The number of hydrogen-bond acceptors (Lipinski definition) is 8. The average molecular weight is 357 g/mol. The van der Waals surface area contributed by atoms with Crippen molar-refractivity contribution in [2.45, 2.75) is 6.92 Å². The molecule has 7 nitrogen and oxygen atoms in total. The zero-order chi connectivity index (χ0) is 17.8. The van der Waals surface area contributed by atoms with Gasteiger partial charge in [0.05, 0.1) is 35.9 Å². The summed E-state index contributed by atoms with van der Waals surface area (Å²) in [4.78, 5) is 33.2. The summed E-state index contributed by atoms with van der Waals surface area (Å²) in [6.45, 7) is 2.02. The number of anilines is 2. The molecule has 0 saturated heterocycles. The van der Waals surface area contributed by atoms with E-state index in [0.717, 1.165) is 0 Å². The normalized spacial score (nSPS) is 10.5. The molecule has 128 valence electrons. The summed E-state index contributed by atoms with van der Waals surface area (Å²) in [5.41, 5.74) is 1.28. The maximum Gasteiger partial charge on any atom is 0.339 e. The number of carbonyl (C=O) groups excluding carboxylic acids is 2. The Morgan fingerprint density at radius 3 is 2.72 bits per heavy atom. The second kappa shape index (κ2) is 7.27. The minimum atomic E-state index is -0.468. The van der Waals surface area contributed by atoms with Gasteiger partial charge in [0.1, 0.15) is 17.0 Å². The minimum absolute atomic E-state index is 0.276. The Kier molecular flexibility index (Phi) is 4.90. The maximum atomic E-state index is 12.2. The summed E-state index contributed by atoms with van der Waals surface area (Å²) < 4.78 is 9.89. The van der Waals surface area contributed by atoms with Gasteiger partial charge in [-0.15, -0.1) is 11.3 Å². The lowest BCUT2D eigenvalue weighted by Gasteiger charge is -2.11. The highest BCUT2D eigenvalue weighted by Crippen LogP contribution is 2.32. The molecular weight excluding hydrogens is 342 g/mol. The van der Waals surface area contributed by atoms with Crippen molar-refractivity contribution in [3.05, 3.63) is 47.1 Å². The zero-order valence-corrected chi connectivity index (χ0v) is 14.4. The fraction of sp³-hybridized carbons (Fsp3) is 0.176. The second-order valence-corrected chi connectivity index (χ2v) is 5.79. The summed E-state index contributed by atoms with van der Waals surface area (Å²) in [6, 6.07) is 6.90. The molecule has 0 radical (unpaired) electrons. The van der Waals surface area contributed by atoms with Crippen molar-refractivity contribution >= 4 is 45.0 Å². The monoisotopic (exact) mass is 357 g/mol. The molecule has 8 heteroatoms. The van der Waals surface area contributed by atoms with E-state index in [0.29, 0.717) is 32.8 Å². The molecule has 0 unspecified atom stereocenters. The number of nitrogens with zero attached hydrogens (tertiary/aromatic N) is 2. The molecular formula is C17H15N3O4S. The van der Waals surface area contributed by atoms with Gasteiger partial charge in [-0.05, 0) is 19.1 Å². The van der Waals surface area contributed by atoms with Crippen LogP contribution in [0.1, 0.15) is 27.6 Å². The standard InChI is InChI=1S/C17H15N3O4S/c1-3-24-17(22)11-8-25-15-13(11)14(18-9-19-15)20-12-7-5-4-6-10(12)16(21)23-2/h4-9H,3H2,1-2H3,(H,18,19,20). The number of esters is 2. The van der Waals surface area contributed by atoms with Gasteiger partial charge in [-0.1, -0.05) is 12.1 Å². The Bertz CT molecular complexity index is 939. The molecule has 0 fully saturated rings. The van der Waals surface area contributed by atoms with Gasteiger partial charge < -0.3 is 14.8 Å². The van der Waals surface area contributed by atoms with Gasteiger partial charge in [0, 0.05) is 5.38 Å². The molecule has 0 atom stereocenters. The molecule has 2 heterocycles. The molecule has 0 saturated carbocycles. The van der Waals surface area contributed by atoms with Gasteiger partial charge in [0.15, 0.2) is 0 Å². The van der Waals surface area contributed by atoms with E-state index < -0.39 is 11.9 Å². The van der Waals surface area contributed by atoms with Crippen LogP contribution in [0.25, 0.3) is 10.2 Å². The first-order chi connectivity index (χ1) is 12.2. The Morgan fingerprint density at radius 2 is 1.96 bits per heavy atom. The largest absolute Gasteiger partial charge is 0.465 e. The summed E-state index contributed by atoms with van der Waals surface area (Å²) in [5, 5.41) is 5.35. The highest BCUT2D eigenvalue weighted by Gasteiger charge is 2.19. The molecule has 0 aliphatic carbocycles. The number of thiophene rings is 1. The van der Waals surface area contributed by atoms with Crippen LogP contribution in [0.5, 0.6) is 0 Å². The Labute approximate surface area is 147 Å². The van der Waals surface area contributed by atoms with Gasteiger partial charge in [-0.25, -0.2) is 19.6 Å². The number of carbonyl (C=O) groups is 2. The summed E-state index contributed by atoms with van der Waals surface area (Å²) in [7, 11) is 1.32. The van der Waals surface area contributed by atoms with E-state index in [1.807, 2.05) is 0 Å². The van der Waals surface area contributed by atoms with Gasteiger partial charge in [0.25, 0.3) is 0 Å². The number of hydrogen-bond donors (Lipinski definition) is 1. The summed E-state index contributed by atoms with van der Waals surface area (Å²) in [6.07, 6.45) is 1.40. The van der Waals surface area contributed by atoms with Gasteiger partial charge in [0.2, 0.25) is 0 Å². The lowest BCUT2D eigenvalue weighted by molar-refractivity contribution is 0.0528. The van der Waals surface area contributed by atoms with E-state index in [1.54, 1.807) is 36.6 Å². The fourth-order valence-corrected chi connectivity index (χ4v) is 3.21. The number of para-hydroxylation sites is 1. The first-order valence-corrected chi connectivity index (χ1v) is 8.37. The first kappa shape index (κ1) is 16.8. The number of fused-ring (bicyclic) bond motifs is 1. The molecule has 2 aromatic heterocycles. The highest BCUT2D eigenvalue weighted by molar-refractivity contribution is 7.17. The number of methoxy groups -OCH3 is 1. The number of aromatic nitrogens is 2. The smallest absolute Gasteiger partial charge is 0.339 e. The van der Waals surface area contributed by atoms with Gasteiger partial charge in [-0.2, -0.15) is 0 Å². The molecule has 1 aromatic carbocycles. The molecule has 3 rings (SSSR count). The van der Waals surface area contributed by atoms with Gasteiger partial charge in [-0.3, -0.25) is 0 Å². The van der Waals surface area contributed by atoms with Crippen LogP contribution in [0.3, 0.4) is 0 Å². The van der Waals surface area contributed by atoms with Crippen molar-refractivity contribution < 1.29 is 19.1 Å². The number of rotatable bonds is 5. The second-order valence-electron chi connectivity index (χ2n) is 4.93. The van der Waals surface area contributed by atoms with Crippen molar-refractivity contribution in [1.29, 1.82) is 0 Å². The molecule has 1 N–H and O–H groups in total. The molecule has 0 aliphatic rings. The van der Waals surface area contributed by atoms with Crippen LogP contribution in [-0.4, -0.2) is 35.6 Å². The molecule has 0 amide bonds. The van der Waals surface area contributed by atoms with Gasteiger partial charge >= 0.3 is 11.9 Å². The van der Waals surface area contributed by atoms with Crippen LogP contribution < -0.4 is 5.32 Å². The highest BCUT2D eigenvalue weighted by atomic mass is 32.1.